The number of hydrogen-bond acceptors (Lipinski definition) is 3. The molecule has 1 N–H and O–H groups in total. The highest BCUT2D eigenvalue weighted by Gasteiger charge is 2.31. The molecule has 4 rings (SSSR count). The van der Waals surface area contributed by atoms with Crippen LogP contribution in [0.4, 0.5) is 17.6 Å². The molecular weight excluding hydrogens is 507 g/mol. The van der Waals surface area contributed by atoms with E-state index in [9.17, 15) is 22.4 Å². The minimum atomic E-state index is -4.57. The Morgan fingerprint density at radius 2 is 1.80 bits per heavy atom. The van der Waals surface area contributed by atoms with Crippen LogP contribution in [0.1, 0.15) is 27.7 Å². The van der Waals surface area contributed by atoms with Gasteiger partial charge in [0.15, 0.2) is 5.75 Å². The van der Waals surface area contributed by atoms with Crippen LogP contribution < -0.4 is 10.1 Å². The molecule has 35 heavy (non-hydrogen) atoms. The highest BCUT2D eigenvalue weighted by molar-refractivity contribution is 6.35. The van der Waals surface area contributed by atoms with Crippen LogP contribution in [0, 0.1) is 0 Å². The van der Waals surface area contributed by atoms with Crippen molar-refractivity contribution in [1.29, 1.82) is 0 Å². The molecule has 4 nitrogen and oxygen atoms in total. The molecule has 0 aliphatic carbocycles. The topological polar surface area (TPSA) is 51.2 Å². The van der Waals surface area contributed by atoms with Gasteiger partial charge in [0, 0.05) is 21.0 Å². The van der Waals surface area contributed by atoms with Crippen LogP contribution >= 0.6 is 23.2 Å². The fourth-order valence-electron chi connectivity index (χ4n) is 3.43. The maximum absolute atomic E-state index is 14.8. The quantitative estimate of drug-likeness (QED) is 0.263. The zero-order valence-electron chi connectivity index (χ0n) is 17.7. The number of hydrogen-bond donors (Lipinski definition) is 1. The van der Waals surface area contributed by atoms with Gasteiger partial charge in [0.2, 0.25) is 0 Å². The summed E-state index contributed by atoms with van der Waals surface area (Å²) in [5.74, 6) is -0.916. The van der Waals surface area contributed by atoms with Crippen molar-refractivity contribution in [1.82, 2.24) is 10.3 Å². The number of amides is 1. The Balaban J connectivity index is 1.64. The first-order valence-electron chi connectivity index (χ1n) is 10.2. The molecule has 0 aliphatic heterocycles. The minimum Gasteiger partial charge on any atom is -0.455 e. The molecule has 3 aromatic carbocycles. The first-order valence-corrected chi connectivity index (χ1v) is 11.0. The lowest BCUT2D eigenvalue weighted by atomic mass is 10.1. The lowest BCUT2D eigenvalue weighted by molar-refractivity contribution is -0.137. The van der Waals surface area contributed by atoms with Crippen LogP contribution in [0.25, 0.3) is 10.9 Å². The number of benzene rings is 3. The second-order valence-corrected chi connectivity index (χ2v) is 8.33. The van der Waals surface area contributed by atoms with Gasteiger partial charge in [-0.3, -0.25) is 9.78 Å². The number of ether oxygens (including phenoxy) is 1. The van der Waals surface area contributed by atoms with Crippen LogP contribution in [-0.2, 0) is 6.18 Å². The van der Waals surface area contributed by atoms with Gasteiger partial charge in [-0.2, -0.15) is 13.2 Å². The van der Waals surface area contributed by atoms with Crippen molar-refractivity contribution in [2.45, 2.75) is 12.3 Å². The van der Waals surface area contributed by atoms with Crippen LogP contribution in [0.5, 0.6) is 11.5 Å². The van der Waals surface area contributed by atoms with Gasteiger partial charge < -0.3 is 10.1 Å². The van der Waals surface area contributed by atoms with Gasteiger partial charge in [-0.05, 0) is 36.4 Å². The van der Waals surface area contributed by atoms with E-state index in [4.69, 9.17) is 27.9 Å². The van der Waals surface area contributed by atoms with Crippen LogP contribution in [0.15, 0.2) is 72.9 Å². The van der Waals surface area contributed by atoms with Gasteiger partial charge in [0.25, 0.3) is 5.91 Å². The molecule has 0 saturated carbocycles. The summed E-state index contributed by atoms with van der Waals surface area (Å²) < 4.78 is 59.8. The average Bonchev–Trinajstić information content (AvgIpc) is 2.82. The number of nitrogens with one attached hydrogen (secondary N) is 1. The molecule has 1 amide bonds. The number of nitrogens with zero attached hydrogens (tertiary/aromatic N) is 1. The van der Waals surface area contributed by atoms with Gasteiger partial charge >= 0.3 is 6.18 Å². The smallest absolute Gasteiger partial charge is 0.416 e. The molecule has 1 atom stereocenters. The Labute approximate surface area is 207 Å². The third-order valence-corrected chi connectivity index (χ3v) is 5.66. The Hall–Kier alpha value is -3.36. The number of halogens is 6. The van der Waals surface area contributed by atoms with Gasteiger partial charge in [-0.15, -0.1) is 0 Å². The van der Waals surface area contributed by atoms with E-state index in [2.05, 4.69) is 10.3 Å². The van der Waals surface area contributed by atoms with Gasteiger partial charge in [0.05, 0.1) is 29.4 Å². The number of para-hydroxylation sites is 1. The summed E-state index contributed by atoms with van der Waals surface area (Å²) in [5.41, 5.74) is -0.305. The monoisotopic (exact) mass is 522 g/mol. The second kappa shape index (κ2) is 10.1. The van der Waals surface area contributed by atoms with E-state index in [1.165, 1.54) is 36.5 Å². The maximum Gasteiger partial charge on any atom is 0.416 e. The molecule has 0 fully saturated rings. The Morgan fingerprint density at radius 1 is 1.03 bits per heavy atom. The van der Waals surface area contributed by atoms with E-state index in [0.717, 1.165) is 12.1 Å². The van der Waals surface area contributed by atoms with Crippen molar-refractivity contribution in [3.63, 3.8) is 0 Å². The fraction of sp³-hybridized carbons (Fsp3) is 0.120. The van der Waals surface area contributed by atoms with E-state index in [-0.39, 0.29) is 27.6 Å². The zero-order chi connectivity index (χ0) is 25.2. The highest BCUT2D eigenvalue weighted by atomic mass is 35.5. The predicted octanol–water partition coefficient (Wildman–Crippen LogP) is 7.79. The fourth-order valence-corrected chi connectivity index (χ4v) is 3.96. The van der Waals surface area contributed by atoms with E-state index >= 15 is 0 Å². The standard InChI is InChI=1S/C25H16Cl2F4N2O2/c26-15-8-9-17(19(27)11-15)20(28)12-33-24(34)23-18-6-1-2-7-21(18)32-13-22(23)35-16-5-3-4-14(10-16)25(29,30)31/h1-11,13,20H,12H2,(H,33,34)/t20-/m0/s1. The summed E-state index contributed by atoms with van der Waals surface area (Å²) >= 11 is 11.9. The molecule has 0 radical (unpaired) electrons. The summed E-state index contributed by atoms with van der Waals surface area (Å²) in [4.78, 5) is 17.4. The van der Waals surface area contributed by atoms with Gasteiger partial charge in [0.1, 0.15) is 11.9 Å². The molecule has 0 spiro atoms. The molecule has 4 aromatic rings. The van der Waals surface area contributed by atoms with Crippen molar-refractivity contribution in [3.05, 3.63) is 99.7 Å². The number of aromatic nitrogens is 1. The lowest BCUT2D eigenvalue weighted by Crippen LogP contribution is -2.28. The molecular formula is C25H16Cl2F4N2O2. The first-order chi connectivity index (χ1) is 16.6. The van der Waals surface area contributed by atoms with Crippen LogP contribution in [-0.4, -0.2) is 17.4 Å². The van der Waals surface area contributed by atoms with Crippen molar-refractivity contribution in [2.75, 3.05) is 6.54 Å². The number of pyridine rings is 1. The van der Waals surface area contributed by atoms with Crippen LogP contribution in [0.2, 0.25) is 10.0 Å². The number of carbonyl (C=O) groups is 1. The van der Waals surface area contributed by atoms with Gasteiger partial charge in [-0.1, -0.05) is 53.5 Å². The molecule has 0 aliphatic rings. The van der Waals surface area contributed by atoms with E-state index in [1.807, 2.05) is 0 Å². The number of rotatable bonds is 6. The van der Waals surface area contributed by atoms with Gasteiger partial charge in [-0.25, -0.2) is 4.39 Å². The summed E-state index contributed by atoms with van der Waals surface area (Å²) in [6.07, 6.45) is -4.97. The van der Waals surface area contributed by atoms with Crippen molar-refractivity contribution in [2.24, 2.45) is 0 Å². The van der Waals surface area contributed by atoms with Crippen molar-refractivity contribution in [3.8, 4) is 11.5 Å². The summed E-state index contributed by atoms with van der Waals surface area (Å²) in [6, 6.07) is 15.2. The number of alkyl halides is 4. The van der Waals surface area contributed by atoms with Crippen molar-refractivity contribution < 1.29 is 27.1 Å². The Bertz CT molecular complexity index is 1400. The summed E-state index contributed by atoms with van der Waals surface area (Å²) in [6.45, 7) is -0.417. The van der Waals surface area contributed by atoms with E-state index in [0.29, 0.717) is 15.9 Å². The number of fused-ring (bicyclic) bond motifs is 1. The Morgan fingerprint density at radius 3 is 2.54 bits per heavy atom. The molecule has 180 valence electrons. The molecule has 1 aromatic heterocycles. The average molecular weight is 523 g/mol. The number of carbonyl (C=O) groups excluding carboxylic acids is 1. The minimum absolute atomic E-state index is 0.00224. The highest BCUT2D eigenvalue weighted by Crippen LogP contribution is 2.35. The molecule has 1 heterocycles. The van der Waals surface area contributed by atoms with E-state index in [1.54, 1.807) is 24.3 Å². The largest absolute Gasteiger partial charge is 0.455 e. The van der Waals surface area contributed by atoms with E-state index < -0.39 is 30.4 Å². The van der Waals surface area contributed by atoms with Crippen molar-refractivity contribution >= 4 is 40.0 Å². The maximum atomic E-state index is 14.8. The summed E-state index contributed by atoms with van der Waals surface area (Å²) in [5, 5.41) is 3.34. The zero-order valence-corrected chi connectivity index (χ0v) is 19.3. The Kier molecular flexibility index (Phi) is 7.14. The first kappa shape index (κ1) is 24.8. The third-order valence-electron chi connectivity index (χ3n) is 5.10. The normalized spacial score (nSPS) is 12.4. The molecule has 0 bridgehead atoms. The molecule has 10 heteroatoms. The SMILES string of the molecule is O=C(NC[C@H](F)c1ccc(Cl)cc1Cl)c1c(Oc2cccc(C(F)(F)F)c2)cnc2ccccc12. The summed E-state index contributed by atoms with van der Waals surface area (Å²) in [7, 11) is 0. The van der Waals surface area contributed by atoms with Crippen LogP contribution in [0.3, 0.4) is 0 Å². The lowest BCUT2D eigenvalue weighted by Gasteiger charge is -2.16. The molecule has 0 unspecified atom stereocenters. The second-order valence-electron chi connectivity index (χ2n) is 7.49. The third kappa shape index (κ3) is 5.66. The predicted molar refractivity (Wildman–Crippen MR) is 126 cm³/mol. The molecule has 0 saturated heterocycles.